The lowest BCUT2D eigenvalue weighted by Gasteiger charge is -2.33. The van der Waals surface area contributed by atoms with Gasteiger partial charge in [-0.2, -0.15) is 0 Å². The van der Waals surface area contributed by atoms with Crippen LogP contribution < -0.4 is 14.8 Å². The Kier molecular flexibility index (Phi) is 6.26. The van der Waals surface area contributed by atoms with Crippen molar-refractivity contribution in [2.45, 2.75) is 70.1 Å². The van der Waals surface area contributed by atoms with Gasteiger partial charge in [-0.15, -0.1) is 0 Å². The Morgan fingerprint density at radius 3 is 2.68 bits per heavy atom. The van der Waals surface area contributed by atoms with Crippen LogP contribution in [0.4, 0.5) is 0 Å². The summed E-state index contributed by atoms with van der Waals surface area (Å²) in [7, 11) is 3.66. The van der Waals surface area contributed by atoms with Crippen LogP contribution in [-0.2, 0) is 6.54 Å². The van der Waals surface area contributed by atoms with E-state index in [4.69, 9.17) is 9.47 Å². The standard InChI is InChI=1S/C28H34N2O4/c1-4-23-21(29-2)16-30-22-15-18(28(31)32)13-14-19(22)25(17-9-6-5-7-10-17)26(30)20-11-8-12-24(33-3)27(20)34-23/h8,11-15,17,21,23,29H,4-7,9-10,16H2,1-3H3,(H,31,32). The Balaban J connectivity index is 1.87. The van der Waals surface area contributed by atoms with E-state index < -0.39 is 5.97 Å². The highest BCUT2D eigenvalue weighted by atomic mass is 16.5. The molecule has 1 saturated carbocycles. The lowest BCUT2D eigenvalue weighted by Crippen LogP contribution is -2.45. The minimum Gasteiger partial charge on any atom is -0.493 e. The van der Waals surface area contributed by atoms with E-state index in [1.54, 1.807) is 13.2 Å². The summed E-state index contributed by atoms with van der Waals surface area (Å²) >= 11 is 0. The van der Waals surface area contributed by atoms with E-state index in [1.165, 1.54) is 24.8 Å². The van der Waals surface area contributed by atoms with Crippen molar-refractivity contribution in [3.8, 4) is 22.8 Å². The Hall–Kier alpha value is -2.99. The Morgan fingerprint density at radius 2 is 2.00 bits per heavy atom. The minimum absolute atomic E-state index is 0.0496. The second-order valence-corrected chi connectivity index (χ2v) is 9.54. The number of nitrogens with zero attached hydrogens (tertiary/aromatic N) is 1. The van der Waals surface area contributed by atoms with Gasteiger partial charge in [0.25, 0.3) is 0 Å². The molecule has 0 radical (unpaired) electrons. The van der Waals surface area contributed by atoms with Gasteiger partial charge in [-0.25, -0.2) is 4.79 Å². The van der Waals surface area contributed by atoms with Crippen LogP contribution in [0, 0.1) is 0 Å². The molecule has 0 amide bonds. The van der Waals surface area contributed by atoms with Crippen LogP contribution in [0.5, 0.6) is 11.5 Å². The van der Waals surface area contributed by atoms with E-state index in [9.17, 15) is 9.90 Å². The zero-order valence-electron chi connectivity index (χ0n) is 20.3. The first-order valence-corrected chi connectivity index (χ1v) is 12.5. The van der Waals surface area contributed by atoms with E-state index in [0.717, 1.165) is 52.9 Å². The van der Waals surface area contributed by atoms with Gasteiger partial charge in [0.2, 0.25) is 0 Å². The van der Waals surface area contributed by atoms with Crippen molar-refractivity contribution in [1.82, 2.24) is 9.88 Å². The average molecular weight is 463 g/mol. The van der Waals surface area contributed by atoms with Crippen molar-refractivity contribution in [2.24, 2.45) is 0 Å². The van der Waals surface area contributed by atoms with Gasteiger partial charge in [0.15, 0.2) is 11.5 Å². The van der Waals surface area contributed by atoms with Crippen LogP contribution in [0.1, 0.15) is 67.3 Å². The lowest BCUT2D eigenvalue weighted by atomic mass is 9.81. The Labute approximate surface area is 200 Å². The molecular weight excluding hydrogens is 428 g/mol. The fraction of sp³-hybridized carbons (Fsp3) is 0.464. The third kappa shape index (κ3) is 3.74. The van der Waals surface area contributed by atoms with Gasteiger partial charge in [-0.05, 0) is 62.1 Å². The van der Waals surface area contributed by atoms with Gasteiger partial charge >= 0.3 is 5.97 Å². The quantitative estimate of drug-likeness (QED) is 0.500. The summed E-state index contributed by atoms with van der Waals surface area (Å²) < 4.78 is 14.8. The highest BCUT2D eigenvalue weighted by Gasteiger charge is 2.34. The molecule has 2 N–H and O–H groups in total. The predicted molar refractivity (Wildman–Crippen MR) is 134 cm³/mol. The normalized spacial score (nSPS) is 20.7. The number of hydrogen-bond donors (Lipinski definition) is 2. The molecule has 2 unspecified atom stereocenters. The van der Waals surface area contributed by atoms with Gasteiger partial charge in [0.1, 0.15) is 6.10 Å². The first kappa shape index (κ1) is 22.8. The van der Waals surface area contributed by atoms with E-state index in [1.807, 2.05) is 31.3 Å². The van der Waals surface area contributed by atoms with Crippen LogP contribution in [0.25, 0.3) is 22.2 Å². The number of aromatic nitrogens is 1. The number of carboxylic acid groups (broad SMARTS) is 1. The molecule has 2 atom stereocenters. The molecule has 2 aromatic carbocycles. The van der Waals surface area contributed by atoms with E-state index >= 15 is 0 Å². The van der Waals surface area contributed by atoms with E-state index in [2.05, 4.69) is 22.9 Å². The zero-order valence-corrected chi connectivity index (χ0v) is 20.3. The number of fused-ring (bicyclic) bond motifs is 5. The van der Waals surface area contributed by atoms with Gasteiger partial charge in [0, 0.05) is 23.0 Å². The van der Waals surface area contributed by atoms with Crippen molar-refractivity contribution in [2.75, 3.05) is 14.2 Å². The number of likely N-dealkylation sites (N-methyl/N-ethyl adjacent to an activating group) is 1. The van der Waals surface area contributed by atoms with Crippen LogP contribution in [0.2, 0.25) is 0 Å². The maximum atomic E-state index is 11.9. The van der Waals surface area contributed by atoms with Crippen LogP contribution in [0.15, 0.2) is 36.4 Å². The maximum absolute atomic E-state index is 11.9. The number of para-hydroxylation sites is 1. The molecular formula is C28H34N2O4. The molecule has 6 heteroatoms. The molecule has 34 heavy (non-hydrogen) atoms. The zero-order chi connectivity index (χ0) is 23.8. The number of carbonyl (C=O) groups is 1. The molecule has 0 spiro atoms. The maximum Gasteiger partial charge on any atom is 0.335 e. The molecule has 1 fully saturated rings. The van der Waals surface area contributed by atoms with Crippen molar-refractivity contribution in [1.29, 1.82) is 0 Å². The topological polar surface area (TPSA) is 72.7 Å². The number of benzene rings is 2. The third-order valence-electron chi connectivity index (χ3n) is 7.69. The minimum atomic E-state index is -0.899. The summed E-state index contributed by atoms with van der Waals surface area (Å²) in [5.74, 6) is 1.04. The fourth-order valence-electron chi connectivity index (χ4n) is 5.97. The van der Waals surface area contributed by atoms with Crippen LogP contribution in [-0.4, -0.2) is 41.9 Å². The van der Waals surface area contributed by atoms with E-state index in [0.29, 0.717) is 18.0 Å². The number of methoxy groups -OCH3 is 1. The molecule has 2 aliphatic rings. The molecule has 6 nitrogen and oxygen atoms in total. The predicted octanol–water partition coefficient (Wildman–Crippen LogP) is 5.82. The monoisotopic (exact) mass is 462 g/mol. The van der Waals surface area contributed by atoms with Crippen molar-refractivity contribution in [3.05, 3.63) is 47.5 Å². The fourth-order valence-corrected chi connectivity index (χ4v) is 5.97. The largest absolute Gasteiger partial charge is 0.493 e. The van der Waals surface area contributed by atoms with Gasteiger partial charge in [-0.3, -0.25) is 0 Å². The Bertz CT molecular complexity index is 1210. The lowest BCUT2D eigenvalue weighted by molar-refractivity contribution is 0.0697. The van der Waals surface area contributed by atoms with Crippen molar-refractivity contribution >= 4 is 16.9 Å². The number of aromatic carboxylic acids is 1. The first-order chi connectivity index (χ1) is 16.6. The number of rotatable bonds is 5. The molecule has 3 aromatic rings. The molecule has 1 aliphatic carbocycles. The van der Waals surface area contributed by atoms with Crippen LogP contribution in [0.3, 0.4) is 0 Å². The second-order valence-electron chi connectivity index (χ2n) is 9.54. The molecule has 5 rings (SSSR count). The summed E-state index contributed by atoms with van der Waals surface area (Å²) in [4.78, 5) is 11.9. The number of ether oxygens (including phenoxy) is 2. The van der Waals surface area contributed by atoms with Gasteiger partial charge in [-0.1, -0.05) is 38.3 Å². The first-order valence-electron chi connectivity index (χ1n) is 12.5. The molecule has 0 saturated heterocycles. The van der Waals surface area contributed by atoms with Crippen LogP contribution >= 0.6 is 0 Å². The summed E-state index contributed by atoms with van der Waals surface area (Å²) in [6.07, 6.45) is 6.82. The smallest absolute Gasteiger partial charge is 0.335 e. The summed E-state index contributed by atoms with van der Waals surface area (Å²) in [6, 6.07) is 11.8. The van der Waals surface area contributed by atoms with Crippen molar-refractivity contribution < 1.29 is 19.4 Å². The number of hydrogen-bond acceptors (Lipinski definition) is 4. The number of nitrogens with one attached hydrogen (secondary N) is 1. The Morgan fingerprint density at radius 1 is 1.21 bits per heavy atom. The average Bonchev–Trinajstić information content (AvgIpc) is 3.17. The second kappa shape index (κ2) is 9.34. The molecule has 180 valence electrons. The van der Waals surface area contributed by atoms with Crippen molar-refractivity contribution in [3.63, 3.8) is 0 Å². The summed E-state index contributed by atoms with van der Waals surface area (Å²) in [5, 5.41) is 14.4. The SMILES string of the molecule is CCC1Oc2c(OC)cccc2-c2c(C3CCCCC3)c3ccc(C(=O)O)cc3n2CC1NC. The molecule has 1 aliphatic heterocycles. The van der Waals surface area contributed by atoms with Gasteiger partial charge < -0.3 is 24.5 Å². The highest BCUT2D eigenvalue weighted by Crippen LogP contribution is 2.49. The number of carboxylic acids is 1. The molecule has 1 aromatic heterocycles. The highest BCUT2D eigenvalue weighted by molar-refractivity contribution is 5.99. The third-order valence-corrected chi connectivity index (χ3v) is 7.69. The van der Waals surface area contributed by atoms with E-state index in [-0.39, 0.29) is 12.1 Å². The summed E-state index contributed by atoms with van der Waals surface area (Å²) in [6.45, 7) is 2.84. The molecule has 0 bridgehead atoms. The molecule has 2 heterocycles. The van der Waals surface area contributed by atoms with Gasteiger partial charge in [0.05, 0.1) is 24.4 Å². The summed E-state index contributed by atoms with van der Waals surface area (Å²) in [5.41, 5.74) is 4.81.